The fourth-order valence-electron chi connectivity index (χ4n) is 12.3. The van der Waals surface area contributed by atoms with Crippen LogP contribution in [0.15, 0.2) is 30.3 Å². The van der Waals surface area contributed by atoms with Crippen molar-refractivity contribution in [2.75, 3.05) is 48.6 Å². The molecule has 1 heterocycles. The lowest BCUT2D eigenvalue weighted by Crippen LogP contribution is -2.80. The molecule has 11 heteroatoms. The van der Waals surface area contributed by atoms with E-state index in [-0.39, 0.29) is 35.8 Å². The average molecular weight is 616 g/mol. The van der Waals surface area contributed by atoms with Gasteiger partial charge in [-0.15, -0.1) is 0 Å². The summed E-state index contributed by atoms with van der Waals surface area (Å²) in [6.07, 6.45) is -2.66. The molecule has 2 N–H and O–H groups in total. The van der Waals surface area contributed by atoms with Crippen molar-refractivity contribution in [2.24, 2.45) is 34.5 Å². The number of hydrogen-bond acceptors (Lipinski definition) is 11. The van der Waals surface area contributed by atoms with Crippen LogP contribution in [0.4, 0.5) is 0 Å². The van der Waals surface area contributed by atoms with Crippen molar-refractivity contribution in [3.63, 3.8) is 0 Å². The number of rotatable bonds is 8. The molecule has 0 unspecified atom stereocenters. The topological polar surface area (TPSA) is 133 Å². The Balaban J connectivity index is 1.51. The second-order valence-corrected chi connectivity index (χ2v) is 14.2. The van der Waals surface area contributed by atoms with Gasteiger partial charge in [-0.25, -0.2) is 4.79 Å². The predicted molar refractivity (Wildman–Crippen MR) is 154 cm³/mol. The molecule has 11 nitrogen and oxygen atoms in total. The molecule has 0 radical (unpaired) electrons. The van der Waals surface area contributed by atoms with E-state index in [0.29, 0.717) is 12.2 Å². The molecule has 5 saturated carbocycles. The Labute approximate surface area is 258 Å². The van der Waals surface area contributed by atoms with Crippen LogP contribution in [0.5, 0.6) is 0 Å². The van der Waals surface area contributed by atoms with Crippen molar-refractivity contribution in [3.05, 3.63) is 35.9 Å². The standard InChI is InChI=1S/C33H45NO10/c1-17(35)44-33-21-19(14-31(38,28(42-6)26(33)36)27(21)43-29(37)18-10-8-7-9-11-18)32-20(40-4)12-13-30(16-39-3)15-34(2)25(32)22(33)23(41-5)24(30)32/h7-11,19-28,36,38H,12-16H2,1-6H3/t19-,20+,21-,22+,23+,24-,25-,26+,27-,28+,30+,31+,32+,33-/m1/s1. The fourth-order valence-corrected chi connectivity index (χ4v) is 12.3. The summed E-state index contributed by atoms with van der Waals surface area (Å²) in [5.41, 5.74) is -3.93. The van der Waals surface area contributed by atoms with Crippen LogP contribution in [0.1, 0.15) is 36.5 Å². The summed E-state index contributed by atoms with van der Waals surface area (Å²) in [6.45, 7) is 2.56. The van der Waals surface area contributed by atoms with Crippen molar-refractivity contribution in [1.82, 2.24) is 4.90 Å². The molecule has 1 spiro atoms. The van der Waals surface area contributed by atoms with Crippen molar-refractivity contribution >= 4 is 11.9 Å². The molecule has 1 aliphatic heterocycles. The molecule has 242 valence electrons. The van der Waals surface area contributed by atoms with E-state index in [2.05, 4.69) is 11.9 Å². The summed E-state index contributed by atoms with van der Waals surface area (Å²) < 4.78 is 37.5. The quantitative estimate of drug-likeness (QED) is 0.410. The Hall–Kier alpha value is -2.12. The van der Waals surface area contributed by atoms with E-state index in [4.69, 9.17) is 28.4 Å². The Morgan fingerprint density at radius 2 is 1.75 bits per heavy atom. The highest BCUT2D eigenvalue weighted by Gasteiger charge is 2.91. The van der Waals surface area contributed by atoms with E-state index in [1.807, 2.05) is 6.07 Å². The molecular weight excluding hydrogens is 570 g/mol. The lowest BCUT2D eigenvalue weighted by Gasteiger charge is -2.69. The third kappa shape index (κ3) is 3.41. The molecule has 6 aliphatic rings. The first kappa shape index (κ1) is 30.5. The molecule has 5 aliphatic carbocycles. The first-order chi connectivity index (χ1) is 21.0. The third-order valence-electron chi connectivity index (χ3n) is 12.8. The van der Waals surface area contributed by atoms with Crippen LogP contribution in [0.2, 0.25) is 0 Å². The van der Waals surface area contributed by atoms with E-state index in [1.54, 1.807) is 45.6 Å². The van der Waals surface area contributed by atoms with Gasteiger partial charge in [0.15, 0.2) is 5.60 Å². The number of methoxy groups -OCH3 is 4. The number of likely N-dealkylation sites (tertiary alicyclic amines) is 1. The minimum absolute atomic E-state index is 0.103. The van der Waals surface area contributed by atoms with Gasteiger partial charge in [0.25, 0.3) is 0 Å². The highest BCUT2D eigenvalue weighted by molar-refractivity contribution is 5.89. The lowest BCUT2D eigenvalue weighted by atomic mass is 9.43. The molecular formula is C33H45NO10. The van der Waals surface area contributed by atoms with Crippen LogP contribution in [0.3, 0.4) is 0 Å². The molecule has 1 saturated heterocycles. The number of aliphatic hydroxyl groups excluding tert-OH is 1. The number of carbonyl (C=O) groups excluding carboxylic acids is 2. The second-order valence-electron chi connectivity index (χ2n) is 14.2. The fraction of sp³-hybridized carbons (Fsp3) is 0.758. The number of esters is 2. The summed E-state index contributed by atoms with van der Waals surface area (Å²) in [5.74, 6) is -2.96. The second kappa shape index (κ2) is 10.2. The summed E-state index contributed by atoms with van der Waals surface area (Å²) >= 11 is 0. The zero-order valence-corrected chi connectivity index (χ0v) is 26.3. The first-order valence-electron chi connectivity index (χ1n) is 15.7. The minimum Gasteiger partial charge on any atom is -0.455 e. The normalized spacial score (nSPS) is 49.9. The molecule has 0 amide bonds. The number of piperidine rings is 1. The van der Waals surface area contributed by atoms with Gasteiger partial charge < -0.3 is 43.5 Å². The number of fused-ring (bicyclic) bond motifs is 2. The van der Waals surface area contributed by atoms with Gasteiger partial charge in [0.1, 0.15) is 23.9 Å². The number of hydrogen-bond donors (Lipinski definition) is 2. The number of ether oxygens (including phenoxy) is 6. The van der Waals surface area contributed by atoms with Gasteiger partial charge in [0.2, 0.25) is 0 Å². The van der Waals surface area contributed by atoms with E-state index in [0.717, 1.165) is 19.4 Å². The van der Waals surface area contributed by atoms with E-state index in [1.165, 1.54) is 14.0 Å². The average Bonchev–Trinajstić information content (AvgIpc) is 3.39. The molecule has 1 aromatic rings. The van der Waals surface area contributed by atoms with Crippen molar-refractivity contribution in [2.45, 2.75) is 73.9 Å². The maximum Gasteiger partial charge on any atom is 0.338 e. The summed E-state index contributed by atoms with van der Waals surface area (Å²) in [7, 11) is 8.63. The van der Waals surface area contributed by atoms with Crippen LogP contribution in [0, 0.1) is 34.5 Å². The highest BCUT2D eigenvalue weighted by Crippen LogP contribution is 2.80. The largest absolute Gasteiger partial charge is 0.455 e. The van der Waals surface area contributed by atoms with E-state index < -0.39 is 64.8 Å². The van der Waals surface area contributed by atoms with Gasteiger partial charge in [-0.1, -0.05) is 18.2 Å². The first-order valence-corrected chi connectivity index (χ1v) is 15.7. The van der Waals surface area contributed by atoms with Crippen LogP contribution >= 0.6 is 0 Å². The maximum absolute atomic E-state index is 13.7. The predicted octanol–water partition coefficient (Wildman–Crippen LogP) is 1.29. The number of nitrogens with zero attached hydrogens (tertiary/aromatic N) is 1. The molecule has 0 aromatic heterocycles. The Kier molecular flexibility index (Phi) is 7.07. The summed E-state index contributed by atoms with van der Waals surface area (Å²) in [5, 5.41) is 25.1. The zero-order chi connectivity index (χ0) is 31.4. The Bertz CT molecular complexity index is 1310. The van der Waals surface area contributed by atoms with Gasteiger partial charge in [-0.3, -0.25) is 4.79 Å². The lowest BCUT2D eigenvalue weighted by molar-refractivity contribution is -0.316. The summed E-state index contributed by atoms with van der Waals surface area (Å²) in [6, 6.07) is 8.39. The van der Waals surface area contributed by atoms with Crippen molar-refractivity contribution < 1.29 is 48.2 Å². The number of aliphatic hydroxyl groups is 2. The van der Waals surface area contributed by atoms with Gasteiger partial charge in [-0.2, -0.15) is 0 Å². The molecule has 14 atom stereocenters. The van der Waals surface area contributed by atoms with Crippen LogP contribution in [-0.4, -0.2) is 123 Å². The van der Waals surface area contributed by atoms with Crippen molar-refractivity contribution in [1.29, 1.82) is 0 Å². The smallest absolute Gasteiger partial charge is 0.338 e. The molecule has 44 heavy (non-hydrogen) atoms. The van der Waals surface area contributed by atoms with Crippen LogP contribution in [0.25, 0.3) is 0 Å². The number of benzene rings is 1. The molecule has 7 rings (SSSR count). The van der Waals surface area contributed by atoms with Gasteiger partial charge in [0.05, 0.1) is 24.4 Å². The van der Waals surface area contributed by atoms with Gasteiger partial charge in [0, 0.05) is 76.5 Å². The van der Waals surface area contributed by atoms with Gasteiger partial charge >= 0.3 is 11.9 Å². The third-order valence-corrected chi connectivity index (χ3v) is 12.8. The molecule has 1 aromatic carbocycles. The monoisotopic (exact) mass is 615 g/mol. The molecule has 6 fully saturated rings. The van der Waals surface area contributed by atoms with Crippen molar-refractivity contribution in [3.8, 4) is 0 Å². The Morgan fingerprint density at radius 3 is 2.36 bits per heavy atom. The minimum atomic E-state index is -1.76. The van der Waals surface area contributed by atoms with Gasteiger partial charge in [-0.05, 0) is 44.4 Å². The van der Waals surface area contributed by atoms with E-state index in [9.17, 15) is 19.8 Å². The SMILES string of the molecule is COC[C@@]12CC[C@H](OC)[C@@]34[C@@H]5C[C@]6(O)[C@H](OC(=O)c7ccccc7)[C@@H]5[C@@](OC(C)=O)([C@@H]([C@H](OC)[C@H]13)[C@H]4N(C)C2)[C@@H](O)[C@@H]6OC. The molecule has 7 bridgehead atoms. The maximum atomic E-state index is 13.7. The summed E-state index contributed by atoms with van der Waals surface area (Å²) in [4.78, 5) is 29.2. The number of carbonyl (C=O) groups is 2. The highest BCUT2D eigenvalue weighted by atomic mass is 16.6. The van der Waals surface area contributed by atoms with Crippen LogP contribution < -0.4 is 0 Å². The Morgan fingerprint density at radius 1 is 1.02 bits per heavy atom. The van der Waals surface area contributed by atoms with Crippen LogP contribution in [-0.2, 0) is 33.2 Å². The van der Waals surface area contributed by atoms with E-state index >= 15 is 0 Å². The zero-order valence-electron chi connectivity index (χ0n) is 26.3.